The van der Waals surface area contributed by atoms with Crippen LogP contribution < -0.4 is 10.2 Å². The van der Waals surface area contributed by atoms with Crippen LogP contribution in [0, 0.1) is 5.92 Å². The Morgan fingerprint density at radius 3 is 2.28 bits per heavy atom. The molecule has 1 saturated heterocycles. The van der Waals surface area contributed by atoms with E-state index in [1.807, 2.05) is 30.3 Å². The number of piperidine rings is 1. The fourth-order valence-corrected chi connectivity index (χ4v) is 5.94. The van der Waals surface area contributed by atoms with Gasteiger partial charge in [-0.15, -0.1) is 0 Å². The van der Waals surface area contributed by atoms with Crippen molar-refractivity contribution in [2.75, 3.05) is 19.7 Å². The maximum Gasteiger partial charge on any atom is 0.265 e. The van der Waals surface area contributed by atoms with Crippen molar-refractivity contribution in [1.29, 1.82) is 0 Å². The Morgan fingerprint density at radius 1 is 1.09 bits per heavy atom. The van der Waals surface area contributed by atoms with E-state index in [-0.39, 0.29) is 17.7 Å². The van der Waals surface area contributed by atoms with Crippen molar-refractivity contribution in [1.82, 2.24) is 10.4 Å². The van der Waals surface area contributed by atoms with Gasteiger partial charge in [-0.05, 0) is 55.0 Å². The fourth-order valence-electron chi connectivity index (χ4n) is 3.99. The summed E-state index contributed by atoms with van der Waals surface area (Å²) in [6, 6.07) is 16.1. The molecule has 1 aliphatic rings. The minimum absolute atomic E-state index is 0.0498. The second-order valence-electron chi connectivity index (χ2n) is 8.70. The molecule has 8 heteroatoms. The third-order valence-electron chi connectivity index (χ3n) is 6.04. The third kappa shape index (κ3) is 5.31. The first-order valence-corrected chi connectivity index (χ1v) is 12.4. The largest absolute Gasteiger partial charge is 0.494 e. The molecule has 1 heterocycles. The Morgan fingerprint density at radius 2 is 1.72 bits per heavy atom. The van der Waals surface area contributed by atoms with Crippen molar-refractivity contribution >= 4 is 15.7 Å². The molecule has 0 radical (unpaired) electrons. The van der Waals surface area contributed by atoms with Gasteiger partial charge in [0, 0.05) is 19.6 Å². The number of sulfone groups is 1. The van der Waals surface area contributed by atoms with Gasteiger partial charge in [0.25, 0.3) is 5.91 Å². The minimum atomic E-state index is -4.04. The number of hydrogen-bond acceptors (Lipinski definition) is 6. The zero-order chi connectivity index (χ0) is 23.2. The Kier molecular flexibility index (Phi) is 7.92. The van der Waals surface area contributed by atoms with Gasteiger partial charge in [-0.25, -0.2) is 13.9 Å². The average Bonchev–Trinajstić information content (AvgIpc) is 2.80. The standard InChI is InChI=1S/C24H32N2O5S/c1-19(2)12-17-31-21-8-10-22(11-9-21)32(29,30)24(23(27)25-28)13-15-26(16-14-24)18-20-6-4-3-5-7-20/h3-11,19,28H,12-18H2,1-2H3,(H,25,27). The first-order chi connectivity index (χ1) is 15.3. The Labute approximate surface area is 190 Å². The molecule has 32 heavy (non-hydrogen) atoms. The van der Waals surface area contributed by atoms with Gasteiger partial charge in [0.05, 0.1) is 11.5 Å². The molecular formula is C24H32N2O5S. The Bertz CT molecular complexity index is 983. The van der Waals surface area contributed by atoms with Crippen LogP contribution in [0.5, 0.6) is 5.75 Å². The van der Waals surface area contributed by atoms with Crippen molar-refractivity contribution in [2.45, 2.75) is 49.3 Å². The van der Waals surface area contributed by atoms with Gasteiger partial charge in [-0.3, -0.25) is 14.9 Å². The zero-order valence-corrected chi connectivity index (χ0v) is 19.5. The Balaban J connectivity index is 1.76. The molecule has 1 amide bonds. The van der Waals surface area contributed by atoms with Gasteiger partial charge in [-0.2, -0.15) is 0 Å². The second kappa shape index (κ2) is 10.5. The summed E-state index contributed by atoms with van der Waals surface area (Å²) < 4.78 is 31.1. The predicted molar refractivity (Wildman–Crippen MR) is 122 cm³/mol. The van der Waals surface area contributed by atoms with Crippen LogP contribution in [-0.2, 0) is 21.2 Å². The van der Waals surface area contributed by atoms with E-state index in [1.165, 1.54) is 12.1 Å². The van der Waals surface area contributed by atoms with Crippen molar-refractivity contribution in [3.05, 3.63) is 60.2 Å². The molecule has 0 bridgehead atoms. The summed E-state index contributed by atoms with van der Waals surface area (Å²) in [6.45, 7) is 6.31. The monoisotopic (exact) mass is 460 g/mol. The Hall–Kier alpha value is -2.42. The number of nitrogens with zero attached hydrogens (tertiary/aromatic N) is 1. The number of amides is 1. The van der Waals surface area contributed by atoms with Crippen molar-refractivity contribution in [3.8, 4) is 5.75 Å². The maximum atomic E-state index is 13.6. The van der Waals surface area contributed by atoms with E-state index < -0.39 is 20.5 Å². The topological polar surface area (TPSA) is 95.9 Å². The summed E-state index contributed by atoms with van der Waals surface area (Å²) in [4.78, 5) is 14.8. The van der Waals surface area contributed by atoms with Crippen molar-refractivity contribution in [3.63, 3.8) is 0 Å². The molecule has 0 aliphatic carbocycles. The second-order valence-corrected chi connectivity index (χ2v) is 11.0. The SMILES string of the molecule is CC(C)CCOc1ccc(S(=O)(=O)C2(C(=O)NO)CCN(Cc3ccccc3)CC2)cc1. The van der Waals surface area contributed by atoms with E-state index in [1.54, 1.807) is 17.6 Å². The highest BCUT2D eigenvalue weighted by molar-refractivity contribution is 7.93. The van der Waals surface area contributed by atoms with E-state index in [9.17, 15) is 18.4 Å². The summed E-state index contributed by atoms with van der Waals surface area (Å²) in [6.07, 6.45) is 1.10. The highest BCUT2D eigenvalue weighted by atomic mass is 32.2. The zero-order valence-electron chi connectivity index (χ0n) is 18.7. The molecule has 0 atom stereocenters. The molecule has 0 spiro atoms. The van der Waals surface area contributed by atoms with Crippen LogP contribution in [0.1, 0.15) is 38.7 Å². The van der Waals surface area contributed by atoms with E-state index in [4.69, 9.17) is 4.74 Å². The molecule has 2 aromatic carbocycles. The number of benzene rings is 2. The summed E-state index contributed by atoms with van der Waals surface area (Å²) in [5.74, 6) is 0.219. The number of ether oxygens (including phenoxy) is 1. The number of nitrogens with one attached hydrogen (secondary N) is 1. The smallest absolute Gasteiger partial charge is 0.265 e. The molecule has 7 nitrogen and oxygen atoms in total. The van der Waals surface area contributed by atoms with Crippen LogP contribution in [0.2, 0.25) is 0 Å². The van der Waals surface area contributed by atoms with Crippen LogP contribution in [0.15, 0.2) is 59.5 Å². The van der Waals surface area contributed by atoms with E-state index >= 15 is 0 Å². The summed E-state index contributed by atoms with van der Waals surface area (Å²) in [5, 5.41) is 9.35. The first-order valence-electron chi connectivity index (χ1n) is 11.0. The van der Waals surface area contributed by atoms with E-state index in [0.717, 1.165) is 12.0 Å². The highest BCUT2D eigenvalue weighted by Gasteiger charge is 2.52. The highest BCUT2D eigenvalue weighted by Crippen LogP contribution is 2.37. The fraction of sp³-hybridized carbons (Fsp3) is 0.458. The van der Waals surface area contributed by atoms with Gasteiger partial charge in [0.2, 0.25) is 0 Å². The van der Waals surface area contributed by atoms with Crippen molar-refractivity contribution < 1.29 is 23.2 Å². The lowest BCUT2D eigenvalue weighted by molar-refractivity contribution is -0.133. The van der Waals surface area contributed by atoms with Gasteiger partial charge in [0.15, 0.2) is 14.6 Å². The normalized spacial score (nSPS) is 16.6. The molecule has 3 rings (SSSR count). The van der Waals surface area contributed by atoms with Crippen LogP contribution in [-0.4, -0.2) is 48.9 Å². The van der Waals surface area contributed by atoms with Crippen LogP contribution in [0.3, 0.4) is 0 Å². The lowest BCUT2D eigenvalue weighted by Crippen LogP contribution is -2.57. The van der Waals surface area contributed by atoms with Gasteiger partial charge < -0.3 is 4.74 Å². The number of rotatable bonds is 9. The summed E-state index contributed by atoms with van der Waals surface area (Å²) in [7, 11) is -4.04. The number of carbonyl (C=O) groups excluding carboxylic acids is 1. The van der Waals surface area contributed by atoms with Crippen LogP contribution >= 0.6 is 0 Å². The number of carbonyl (C=O) groups is 1. The quantitative estimate of drug-likeness (QED) is 0.440. The third-order valence-corrected chi connectivity index (χ3v) is 8.56. The number of likely N-dealkylation sites (tertiary alicyclic amines) is 1. The lowest BCUT2D eigenvalue weighted by Gasteiger charge is -2.39. The minimum Gasteiger partial charge on any atom is -0.494 e. The average molecular weight is 461 g/mol. The first kappa shape index (κ1) is 24.2. The van der Waals surface area contributed by atoms with Gasteiger partial charge >= 0.3 is 0 Å². The molecule has 2 N–H and O–H groups in total. The molecule has 0 aromatic heterocycles. The predicted octanol–water partition coefficient (Wildman–Crippen LogP) is 3.43. The molecule has 1 fully saturated rings. The summed E-state index contributed by atoms with van der Waals surface area (Å²) >= 11 is 0. The number of hydroxylamine groups is 1. The molecule has 1 aliphatic heterocycles. The lowest BCUT2D eigenvalue weighted by atomic mass is 9.94. The molecule has 0 unspecified atom stereocenters. The van der Waals surface area contributed by atoms with Gasteiger partial charge in [-0.1, -0.05) is 44.2 Å². The molecule has 174 valence electrons. The number of hydrogen-bond donors (Lipinski definition) is 2. The van der Waals surface area contributed by atoms with E-state index in [0.29, 0.717) is 37.9 Å². The van der Waals surface area contributed by atoms with Crippen LogP contribution in [0.4, 0.5) is 0 Å². The van der Waals surface area contributed by atoms with Crippen molar-refractivity contribution in [2.24, 2.45) is 5.92 Å². The summed E-state index contributed by atoms with van der Waals surface area (Å²) in [5.41, 5.74) is 2.73. The molecular weight excluding hydrogens is 428 g/mol. The van der Waals surface area contributed by atoms with Crippen LogP contribution in [0.25, 0.3) is 0 Å². The molecule has 0 saturated carbocycles. The maximum absolute atomic E-state index is 13.6. The molecule has 2 aromatic rings. The van der Waals surface area contributed by atoms with E-state index in [2.05, 4.69) is 18.7 Å². The van der Waals surface area contributed by atoms with Gasteiger partial charge in [0.1, 0.15) is 5.75 Å².